The van der Waals surface area contributed by atoms with Gasteiger partial charge in [0.05, 0.1) is 31.8 Å². The molecule has 9 heteroatoms. The second kappa shape index (κ2) is 11.8. The number of rotatable bonds is 10. The summed E-state index contributed by atoms with van der Waals surface area (Å²) < 4.78 is 7.34. The molecule has 2 N–H and O–H groups in total. The number of nitrogens with zero attached hydrogens (tertiary/aromatic N) is 4. The van der Waals surface area contributed by atoms with E-state index >= 15 is 0 Å². The summed E-state index contributed by atoms with van der Waals surface area (Å²) in [6, 6.07) is 23.3. The minimum absolute atomic E-state index is 0.0293. The van der Waals surface area contributed by atoms with Gasteiger partial charge in [-0.15, -0.1) is 0 Å². The van der Waals surface area contributed by atoms with Crippen LogP contribution in [-0.4, -0.2) is 21.6 Å². The average molecular weight is 497 g/mol. The maximum absolute atomic E-state index is 12.6. The molecule has 0 aliphatic heterocycles. The molecule has 0 aliphatic rings. The van der Waals surface area contributed by atoms with Crippen LogP contribution in [0.15, 0.2) is 76.8 Å². The minimum Gasteiger partial charge on any atom is -0.497 e. The fourth-order valence-electron chi connectivity index (χ4n) is 3.72. The van der Waals surface area contributed by atoms with E-state index in [2.05, 4.69) is 32.0 Å². The number of ether oxygens (including phenoxy) is 1. The molecule has 2 aromatic heterocycles. The summed E-state index contributed by atoms with van der Waals surface area (Å²) in [6.45, 7) is 1.31. The first-order valence-electron chi connectivity index (χ1n) is 11.3. The first-order chi connectivity index (χ1) is 17.6. The Balaban J connectivity index is 1.47. The Morgan fingerprint density at radius 3 is 2.81 bits per heavy atom. The Morgan fingerprint density at radius 1 is 1.14 bits per heavy atom. The third-order valence-electron chi connectivity index (χ3n) is 5.52. The van der Waals surface area contributed by atoms with E-state index in [9.17, 15) is 10.1 Å². The highest BCUT2D eigenvalue weighted by Crippen LogP contribution is 2.27. The molecule has 36 heavy (non-hydrogen) atoms. The summed E-state index contributed by atoms with van der Waals surface area (Å²) >= 11 is 1.39. The molecule has 0 saturated carbocycles. The molecule has 180 valence electrons. The summed E-state index contributed by atoms with van der Waals surface area (Å²) in [5, 5.41) is 22.2. The maximum Gasteiger partial charge on any atom is 0.270 e. The fraction of sp³-hybridized carbons (Fsp3) is 0.185. The van der Waals surface area contributed by atoms with Gasteiger partial charge in [-0.05, 0) is 42.0 Å². The van der Waals surface area contributed by atoms with Crippen LogP contribution in [0.5, 0.6) is 5.75 Å². The molecule has 4 rings (SSSR count). The lowest BCUT2D eigenvalue weighted by atomic mass is 10.1. The molecule has 0 bridgehead atoms. The van der Waals surface area contributed by atoms with Crippen molar-refractivity contribution in [1.82, 2.24) is 14.5 Å². The van der Waals surface area contributed by atoms with Crippen LogP contribution in [0.3, 0.4) is 0 Å². The summed E-state index contributed by atoms with van der Waals surface area (Å²) in [4.78, 5) is 19.9. The van der Waals surface area contributed by atoms with E-state index in [0.29, 0.717) is 47.4 Å². The molecule has 2 heterocycles. The molecule has 8 nitrogen and oxygen atoms in total. The molecule has 0 fully saturated rings. The van der Waals surface area contributed by atoms with Gasteiger partial charge in [-0.3, -0.25) is 4.79 Å². The van der Waals surface area contributed by atoms with Crippen LogP contribution < -0.4 is 15.6 Å². The number of aromatic amines is 1. The molecule has 0 spiro atoms. The molecule has 0 amide bonds. The van der Waals surface area contributed by atoms with E-state index < -0.39 is 5.56 Å². The highest BCUT2D eigenvalue weighted by atomic mass is 32.2. The SMILES string of the molecule is COc1cccc(-c2nc(SCc3cccc(NCc4cccn4CCC#N)c3)[nH]c(=O)c2C#N)c1. The number of hydrogen-bond donors (Lipinski definition) is 2. The second-order valence-corrected chi connectivity index (χ2v) is 8.85. The van der Waals surface area contributed by atoms with E-state index in [0.717, 1.165) is 16.9 Å². The Labute approximate surface area is 213 Å². The van der Waals surface area contributed by atoms with Gasteiger partial charge in [0.15, 0.2) is 5.16 Å². The molecule has 0 aliphatic carbocycles. The number of anilines is 1. The van der Waals surface area contributed by atoms with Crippen LogP contribution in [0, 0.1) is 22.7 Å². The Morgan fingerprint density at radius 2 is 2.00 bits per heavy atom. The molecule has 0 radical (unpaired) electrons. The van der Waals surface area contributed by atoms with E-state index in [1.54, 1.807) is 31.4 Å². The van der Waals surface area contributed by atoms with Crippen molar-refractivity contribution in [1.29, 1.82) is 10.5 Å². The van der Waals surface area contributed by atoms with E-state index in [1.165, 1.54) is 11.8 Å². The third kappa shape index (κ3) is 5.96. The van der Waals surface area contributed by atoms with Crippen molar-refractivity contribution >= 4 is 17.4 Å². The predicted molar refractivity (Wildman–Crippen MR) is 140 cm³/mol. The summed E-state index contributed by atoms with van der Waals surface area (Å²) in [5.74, 6) is 1.20. The zero-order chi connectivity index (χ0) is 25.3. The lowest BCUT2D eigenvalue weighted by molar-refractivity contribution is 0.415. The van der Waals surface area contributed by atoms with Crippen LogP contribution in [0.25, 0.3) is 11.3 Å². The minimum atomic E-state index is -0.470. The molecule has 0 unspecified atom stereocenters. The van der Waals surface area contributed by atoms with Gasteiger partial charge in [0.1, 0.15) is 17.4 Å². The van der Waals surface area contributed by atoms with Gasteiger partial charge in [-0.25, -0.2) is 4.98 Å². The first-order valence-corrected chi connectivity index (χ1v) is 12.2. The Hall–Kier alpha value is -4.47. The lowest BCUT2D eigenvalue weighted by Gasteiger charge is -2.11. The standard InChI is InChI=1S/C27H24N6O2S/c1-35-23-10-3-7-20(15-23)25-24(16-29)26(34)32-27(31-25)36-18-19-6-2-8-21(14-19)30-17-22-9-4-12-33(22)13-5-11-28/h2-4,6-10,12,14-15,30H,5,13,17-18H2,1H3,(H,31,32,34). The number of methoxy groups -OCH3 is 1. The number of nitriles is 2. The summed E-state index contributed by atoms with van der Waals surface area (Å²) in [6.07, 6.45) is 2.45. The number of aryl methyl sites for hydroxylation is 1. The van der Waals surface area contributed by atoms with Crippen molar-refractivity contribution in [2.75, 3.05) is 12.4 Å². The van der Waals surface area contributed by atoms with Crippen molar-refractivity contribution in [2.45, 2.75) is 30.4 Å². The number of thioether (sulfide) groups is 1. The van der Waals surface area contributed by atoms with E-state index in [-0.39, 0.29) is 5.56 Å². The van der Waals surface area contributed by atoms with Crippen molar-refractivity contribution in [2.24, 2.45) is 0 Å². The first kappa shape index (κ1) is 24.6. The van der Waals surface area contributed by atoms with Gasteiger partial charge in [0.2, 0.25) is 0 Å². The normalized spacial score (nSPS) is 10.4. The van der Waals surface area contributed by atoms with E-state index in [1.807, 2.05) is 42.6 Å². The van der Waals surface area contributed by atoms with Crippen LogP contribution in [0.4, 0.5) is 5.69 Å². The van der Waals surface area contributed by atoms with Crippen LogP contribution in [0.1, 0.15) is 23.2 Å². The van der Waals surface area contributed by atoms with Crippen molar-refractivity contribution in [3.8, 4) is 29.1 Å². The second-order valence-electron chi connectivity index (χ2n) is 7.88. The number of benzene rings is 2. The highest BCUT2D eigenvalue weighted by molar-refractivity contribution is 7.98. The lowest BCUT2D eigenvalue weighted by Crippen LogP contribution is -2.14. The van der Waals surface area contributed by atoms with Gasteiger partial charge < -0.3 is 19.6 Å². The maximum atomic E-state index is 12.6. The van der Waals surface area contributed by atoms with Gasteiger partial charge >= 0.3 is 0 Å². The molecule has 4 aromatic rings. The number of hydrogen-bond acceptors (Lipinski definition) is 7. The molecule has 0 atom stereocenters. The van der Waals surface area contributed by atoms with Crippen molar-refractivity contribution in [3.05, 3.63) is 94.0 Å². The number of nitrogens with one attached hydrogen (secondary N) is 2. The van der Waals surface area contributed by atoms with Crippen LogP contribution in [-0.2, 0) is 18.8 Å². The van der Waals surface area contributed by atoms with Crippen LogP contribution >= 0.6 is 11.8 Å². The smallest absolute Gasteiger partial charge is 0.270 e. The topological polar surface area (TPSA) is 120 Å². The van der Waals surface area contributed by atoms with Crippen molar-refractivity contribution in [3.63, 3.8) is 0 Å². The molecular weight excluding hydrogens is 472 g/mol. The van der Waals surface area contributed by atoms with Crippen LogP contribution in [0.2, 0.25) is 0 Å². The van der Waals surface area contributed by atoms with Gasteiger partial charge in [-0.2, -0.15) is 10.5 Å². The molecular formula is C27H24N6O2S. The van der Waals surface area contributed by atoms with Gasteiger partial charge in [0, 0.05) is 35.4 Å². The fourth-order valence-corrected chi connectivity index (χ4v) is 4.52. The highest BCUT2D eigenvalue weighted by Gasteiger charge is 2.14. The largest absolute Gasteiger partial charge is 0.497 e. The average Bonchev–Trinajstić information content (AvgIpc) is 3.36. The molecule has 0 saturated heterocycles. The quantitative estimate of drug-likeness (QED) is 0.236. The Kier molecular flexibility index (Phi) is 8.07. The third-order valence-corrected chi connectivity index (χ3v) is 6.46. The summed E-state index contributed by atoms with van der Waals surface area (Å²) in [5.41, 5.74) is 3.61. The zero-order valence-corrected chi connectivity index (χ0v) is 20.5. The summed E-state index contributed by atoms with van der Waals surface area (Å²) in [7, 11) is 1.56. The number of H-pyrrole nitrogens is 1. The van der Waals surface area contributed by atoms with E-state index in [4.69, 9.17) is 10.00 Å². The Bertz CT molecular complexity index is 1500. The predicted octanol–water partition coefficient (Wildman–Crippen LogP) is 4.94. The number of aromatic nitrogens is 3. The zero-order valence-electron chi connectivity index (χ0n) is 19.7. The molecule has 2 aromatic carbocycles. The monoisotopic (exact) mass is 496 g/mol. The van der Waals surface area contributed by atoms with Gasteiger partial charge in [0.25, 0.3) is 5.56 Å². The van der Waals surface area contributed by atoms with Crippen molar-refractivity contribution < 1.29 is 4.74 Å². The van der Waals surface area contributed by atoms with Gasteiger partial charge in [-0.1, -0.05) is 36.0 Å².